The quantitative estimate of drug-likeness (QED) is 0.777. The average Bonchev–Trinajstić information content (AvgIpc) is 2.88. The van der Waals surface area contributed by atoms with Gasteiger partial charge in [0.1, 0.15) is 17.2 Å². The number of hydrogen-bond acceptors (Lipinski definition) is 3. The van der Waals surface area contributed by atoms with Crippen LogP contribution < -0.4 is 0 Å². The van der Waals surface area contributed by atoms with Gasteiger partial charge >= 0.3 is 0 Å². The van der Waals surface area contributed by atoms with Crippen LogP contribution in [0.15, 0.2) is 30.6 Å². The number of halogens is 1. The normalized spacial score (nSPS) is 17.7. The Morgan fingerprint density at radius 2 is 1.93 bits per heavy atom. The third-order valence-electron chi connectivity index (χ3n) is 2.92. The Bertz CT molecular complexity index is 460. The lowest BCUT2D eigenvalue weighted by Crippen LogP contribution is -2.07. The first kappa shape index (κ1) is 8.97. The second kappa shape index (κ2) is 3.10. The van der Waals surface area contributed by atoms with Crippen molar-refractivity contribution in [2.75, 3.05) is 0 Å². The maximum absolute atomic E-state index is 12.8. The van der Waals surface area contributed by atoms with Crippen LogP contribution in [0.2, 0.25) is 0 Å². The zero-order valence-electron chi connectivity index (χ0n) is 7.98. The topological polar surface area (TPSA) is 25.8 Å². The summed E-state index contributed by atoms with van der Waals surface area (Å²) in [6.07, 6.45) is 3.77. The second-order valence-corrected chi connectivity index (χ2v) is 4.62. The molecule has 0 radical (unpaired) electrons. The predicted octanol–water partition coefficient (Wildman–Crippen LogP) is 2.76. The standard InChI is InChI=1S/C11H9FN2S/c12-9-3-1-8(2-4-9)11(5-6-11)10-13-7-14-15-10/h1-4,7H,5-6H2. The lowest BCUT2D eigenvalue weighted by Gasteiger charge is -2.11. The summed E-state index contributed by atoms with van der Waals surface area (Å²) in [7, 11) is 0. The summed E-state index contributed by atoms with van der Waals surface area (Å²) in [6.45, 7) is 0. The number of hydrogen-bond donors (Lipinski definition) is 0. The number of aromatic nitrogens is 2. The van der Waals surface area contributed by atoms with Gasteiger partial charge in [0.2, 0.25) is 0 Å². The molecule has 0 spiro atoms. The van der Waals surface area contributed by atoms with Crippen molar-refractivity contribution in [2.45, 2.75) is 18.3 Å². The lowest BCUT2D eigenvalue weighted by molar-refractivity contribution is 0.626. The van der Waals surface area contributed by atoms with Gasteiger partial charge in [-0.15, -0.1) is 0 Å². The molecule has 1 aliphatic rings. The third kappa shape index (κ3) is 1.36. The van der Waals surface area contributed by atoms with Crippen molar-refractivity contribution >= 4 is 11.5 Å². The molecule has 0 bridgehead atoms. The van der Waals surface area contributed by atoms with Crippen LogP contribution in [-0.2, 0) is 5.41 Å². The number of nitrogens with zero attached hydrogens (tertiary/aromatic N) is 2. The van der Waals surface area contributed by atoms with E-state index in [-0.39, 0.29) is 11.2 Å². The molecule has 1 heterocycles. The van der Waals surface area contributed by atoms with E-state index in [1.807, 2.05) is 12.1 Å². The molecular formula is C11H9FN2S. The van der Waals surface area contributed by atoms with E-state index in [4.69, 9.17) is 0 Å². The van der Waals surface area contributed by atoms with Crippen molar-refractivity contribution in [3.63, 3.8) is 0 Å². The molecule has 0 atom stereocenters. The number of benzene rings is 1. The summed E-state index contributed by atoms with van der Waals surface area (Å²) in [5, 5.41) is 1.05. The summed E-state index contributed by atoms with van der Waals surface area (Å²) >= 11 is 1.44. The molecule has 1 fully saturated rings. The van der Waals surface area contributed by atoms with Crippen molar-refractivity contribution in [2.24, 2.45) is 0 Å². The lowest BCUT2D eigenvalue weighted by atomic mass is 9.97. The Labute approximate surface area is 91.0 Å². The van der Waals surface area contributed by atoms with Crippen LogP contribution in [0.3, 0.4) is 0 Å². The van der Waals surface area contributed by atoms with Crippen LogP contribution in [0.4, 0.5) is 4.39 Å². The fraction of sp³-hybridized carbons (Fsp3) is 0.273. The fourth-order valence-electron chi connectivity index (χ4n) is 1.90. The molecule has 1 aromatic carbocycles. The monoisotopic (exact) mass is 220 g/mol. The third-order valence-corrected chi connectivity index (χ3v) is 3.79. The van der Waals surface area contributed by atoms with Gasteiger partial charge in [0.25, 0.3) is 0 Å². The van der Waals surface area contributed by atoms with Crippen molar-refractivity contribution in [3.8, 4) is 0 Å². The highest BCUT2D eigenvalue weighted by atomic mass is 32.1. The predicted molar refractivity (Wildman–Crippen MR) is 56.3 cm³/mol. The minimum absolute atomic E-state index is 0.0366. The van der Waals surface area contributed by atoms with E-state index in [2.05, 4.69) is 9.36 Å². The van der Waals surface area contributed by atoms with Gasteiger partial charge in [0.15, 0.2) is 0 Å². The summed E-state index contributed by atoms with van der Waals surface area (Å²) in [5.74, 6) is -0.188. The maximum atomic E-state index is 12.8. The molecule has 0 saturated heterocycles. The Balaban J connectivity index is 2.04. The summed E-state index contributed by atoms with van der Waals surface area (Å²) in [6, 6.07) is 6.72. The Hall–Kier alpha value is -1.29. The van der Waals surface area contributed by atoms with Crippen molar-refractivity contribution in [1.82, 2.24) is 9.36 Å². The molecule has 2 aromatic rings. The van der Waals surface area contributed by atoms with E-state index in [1.165, 1.54) is 23.7 Å². The summed E-state index contributed by atoms with van der Waals surface area (Å²) in [4.78, 5) is 4.26. The van der Waals surface area contributed by atoms with Crippen molar-refractivity contribution in [3.05, 3.63) is 47.0 Å². The molecule has 1 aromatic heterocycles. The minimum Gasteiger partial charge on any atom is -0.227 e. The Morgan fingerprint density at radius 1 is 1.20 bits per heavy atom. The molecule has 1 aliphatic carbocycles. The first-order valence-electron chi connectivity index (χ1n) is 4.84. The molecule has 76 valence electrons. The molecule has 0 aliphatic heterocycles. The molecule has 15 heavy (non-hydrogen) atoms. The van der Waals surface area contributed by atoms with E-state index in [1.54, 1.807) is 6.33 Å². The van der Waals surface area contributed by atoms with Crippen LogP contribution >= 0.6 is 11.5 Å². The van der Waals surface area contributed by atoms with Gasteiger partial charge < -0.3 is 0 Å². The zero-order valence-corrected chi connectivity index (χ0v) is 8.80. The second-order valence-electron chi connectivity index (χ2n) is 3.84. The van der Waals surface area contributed by atoms with Gasteiger partial charge in [-0.25, -0.2) is 9.37 Å². The van der Waals surface area contributed by atoms with E-state index in [0.717, 1.165) is 23.4 Å². The molecule has 3 rings (SSSR count). The molecule has 1 saturated carbocycles. The van der Waals surface area contributed by atoms with E-state index < -0.39 is 0 Å². The highest BCUT2D eigenvalue weighted by Gasteiger charge is 2.48. The first-order valence-corrected chi connectivity index (χ1v) is 5.62. The molecule has 0 N–H and O–H groups in total. The van der Waals surface area contributed by atoms with Crippen molar-refractivity contribution in [1.29, 1.82) is 0 Å². The SMILES string of the molecule is Fc1ccc(C2(c3ncns3)CC2)cc1. The fourth-order valence-corrected chi connectivity index (χ4v) is 2.69. The van der Waals surface area contributed by atoms with E-state index >= 15 is 0 Å². The van der Waals surface area contributed by atoms with Crippen LogP contribution in [0.5, 0.6) is 0 Å². The van der Waals surface area contributed by atoms with Crippen LogP contribution in [0.25, 0.3) is 0 Å². The highest BCUT2D eigenvalue weighted by molar-refractivity contribution is 7.05. The van der Waals surface area contributed by atoms with Gasteiger partial charge in [-0.05, 0) is 42.1 Å². The van der Waals surface area contributed by atoms with Gasteiger partial charge in [-0.1, -0.05) is 12.1 Å². The molecule has 2 nitrogen and oxygen atoms in total. The molecule has 0 unspecified atom stereocenters. The summed E-state index contributed by atoms with van der Waals surface area (Å²) in [5.41, 5.74) is 1.19. The number of rotatable bonds is 2. The molecular weight excluding hydrogens is 211 g/mol. The maximum Gasteiger partial charge on any atom is 0.129 e. The van der Waals surface area contributed by atoms with E-state index in [0.29, 0.717) is 0 Å². The minimum atomic E-state index is -0.188. The molecule has 4 heteroatoms. The van der Waals surface area contributed by atoms with Gasteiger partial charge in [0, 0.05) is 5.41 Å². The van der Waals surface area contributed by atoms with Crippen LogP contribution in [0.1, 0.15) is 23.4 Å². The average molecular weight is 220 g/mol. The molecule has 0 amide bonds. The Kier molecular flexibility index (Phi) is 1.85. The van der Waals surface area contributed by atoms with Gasteiger partial charge in [-0.3, -0.25) is 0 Å². The Morgan fingerprint density at radius 3 is 2.47 bits per heavy atom. The van der Waals surface area contributed by atoms with Gasteiger partial charge in [0.05, 0.1) is 0 Å². The van der Waals surface area contributed by atoms with E-state index in [9.17, 15) is 4.39 Å². The van der Waals surface area contributed by atoms with Crippen molar-refractivity contribution < 1.29 is 4.39 Å². The smallest absolute Gasteiger partial charge is 0.129 e. The largest absolute Gasteiger partial charge is 0.227 e. The first-order chi connectivity index (χ1) is 7.31. The van der Waals surface area contributed by atoms with Gasteiger partial charge in [-0.2, -0.15) is 4.37 Å². The zero-order chi connectivity index (χ0) is 10.3. The summed E-state index contributed by atoms with van der Waals surface area (Å²) < 4.78 is 16.8. The van der Waals surface area contributed by atoms with Crippen LogP contribution in [0, 0.1) is 5.82 Å². The van der Waals surface area contributed by atoms with Crippen LogP contribution in [-0.4, -0.2) is 9.36 Å². The highest BCUT2D eigenvalue weighted by Crippen LogP contribution is 2.53.